The molecule has 0 bridgehead atoms. The third kappa shape index (κ3) is 5.31. The van der Waals surface area contributed by atoms with E-state index in [0.29, 0.717) is 35.6 Å². The maximum Gasteiger partial charge on any atom is 0.130 e. The maximum atomic E-state index is 14.1. The van der Waals surface area contributed by atoms with Crippen LogP contribution in [0.4, 0.5) is 4.39 Å². The molecule has 0 spiro atoms. The zero-order valence-electron chi connectivity index (χ0n) is 16.3. The Morgan fingerprint density at radius 2 is 1.86 bits per heavy atom. The maximum absolute atomic E-state index is 14.1. The van der Waals surface area contributed by atoms with Crippen LogP contribution in [-0.4, -0.2) is 30.4 Å². The first-order valence-corrected chi connectivity index (χ1v) is 9.45. The number of rotatable bonds is 9. The summed E-state index contributed by atoms with van der Waals surface area (Å²) >= 11 is 0. The van der Waals surface area contributed by atoms with Crippen molar-refractivity contribution in [2.75, 3.05) is 20.3 Å². The van der Waals surface area contributed by atoms with E-state index in [4.69, 9.17) is 15.2 Å². The molecule has 0 saturated carbocycles. The zero-order chi connectivity index (χ0) is 20.6. The van der Waals surface area contributed by atoms with Crippen molar-refractivity contribution in [3.05, 3.63) is 77.9 Å². The van der Waals surface area contributed by atoms with Crippen LogP contribution in [0.1, 0.15) is 11.3 Å². The van der Waals surface area contributed by atoms with E-state index in [0.717, 1.165) is 11.3 Å². The van der Waals surface area contributed by atoms with Crippen LogP contribution < -0.4 is 15.2 Å². The molecule has 1 aromatic heterocycles. The summed E-state index contributed by atoms with van der Waals surface area (Å²) in [5.41, 5.74) is 8.77. The lowest BCUT2D eigenvalue weighted by Crippen LogP contribution is -2.20. The Kier molecular flexibility index (Phi) is 7.16. The van der Waals surface area contributed by atoms with E-state index in [1.165, 1.54) is 12.1 Å². The van der Waals surface area contributed by atoms with Crippen LogP contribution in [0.15, 0.2) is 60.8 Å². The van der Waals surface area contributed by atoms with Gasteiger partial charge in [0.2, 0.25) is 0 Å². The van der Waals surface area contributed by atoms with E-state index < -0.39 is 0 Å². The fourth-order valence-electron chi connectivity index (χ4n) is 3.12. The number of aliphatic hydroxyl groups is 1. The number of aromatic nitrogens is 1. The Hall–Kier alpha value is -2.96. The second kappa shape index (κ2) is 10.0. The smallest absolute Gasteiger partial charge is 0.130 e. The zero-order valence-corrected chi connectivity index (χ0v) is 16.3. The Balaban J connectivity index is 1.96. The lowest BCUT2D eigenvalue weighted by molar-refractivity contribution is 0.230. The van der Waals surface area contributed by atoms with Crippen LogP contribution in [0.25, 0.3) is 11.1 Å². The number of benzene rings is 2. The van der Waals surface area contributed by atoms with E-state index in [1.54, 1.807) is 19.4 Å². The molecular formula is C23H25FN2O3. The SMILES string of the molecule is COc1ccc(CC(CN)CO)cc1-c1cc(F)ccc1OCc1ccccn1. The van der Waals surface area contributed by atoms with Crippen LogP contribution in [0.3, 0.4) is 0 Å². The standard InChI is InChI=1S/C23H25FN2O3/c1-28-22-7-5-16(10-17(13-25)14-27)11-20(22)21-12-18(24)6-8-23(21)29-15-19-4-2-3-9-26-19/h2-9,11-12,17,27H,10,13-15,25H2,1H3. The van der Waals surface area contributed by atoms with Crippen molar-refractivity contribution >= 4 is 0 Å². The molecule has 6 heteroatoms. The van der Waals surface area contributed by atoms with Crippen molar-refractivity contribution in [2.45, 2.75) is 13.0 Å². The summed E-state index contributed by atoms with van der Waals surface area (Å²) in [7, 11) is 1.57. The van der Waals surface area contributed by atoms with Gasteiger partial charge in [-0.15, -0.1) is 0 Å². The van der Waals surface area contributed by atoms with Gasteiger partial charge in [0.1, 0.15) is 23.9 Å². The molecular weight excluding hydrogens is 371 g/mol. The average molecular weight is 396 g/mol. The summed E-state index contributed by atoms with van der Waals surface area (Å²) in [6.07, 6.45) is 2.31. The molecule has 29 heavy (non-hydrogen) atoms. The molecule has 0 aliphatic rings. The molecule has 3 aromatic rings. The molecule has 3 N–H and O–H groups in total. The first-order valence-electron chi connectivity index (χ1n) is 9.45. The molecule has 5 nitrogen and oxygen atoms in total. The summed E-state index contributed by atoms with van der Waals surface area (Å²) in [6, 6.07) is 15.7. The van der Waals surface area contributed by atoms with Gasteiger partial charge in [0.15, 0.2) is 0 Å². The number of hydrogen-bond donors (Lipinski definition) is 2. The average Bonchev–Trinajstić information content (AvgIpc) is 2.77. The Morgan fingerprint density at radius 3 is 2.55 bits per heavy atom. The highest BCUT2D eigenvalue weighted by molar-refractivity contribution is 5.76. The number of pyridine rings is 1. The van der Waals surface area contributed by atoms with Gasteiger partial charge in [0, 0.05) is 23.9 Å². The van der Waals surface area contributed by atoms with Crippen molar-refractivity contribution in [3.63, 3.8) is 0 Å². The number of hydrogen-bond acceptors (Lipinski definition) is 5. The second-order valence-corrected chi connectivity index (χ2v) is 6.77. The minimum absolute atomic E-state index is 0.0102. The molecule has 0 aliphatic carbocycles. The van der Waals surface area contributed by atoms with Gasteiger partial charge in [-0.25, -0.2) is 4.39 Å². The third-order valence-corrected chi connectivity index (χ3v) is 4.71. The van der Waals surface area contributed by atoms with Gasteiger partial charge in [-0.1, -0.05) is 12.1 Å². The first kappa shape index (κ1) is 20.8. The van der Waals surface area contributed by atoms with Gasteiger partial charge in [-0.05, 0) is 66.9 Å². The lowest BCUT2D eigenvalue weighted by atomic mass is 9.95. The van der Waals surface area contributed by atoms with Crippen LogP contribution >= 0.6 is 0 Å². The predicted octanol–water partition coefficient (Wildman–Crippen LogP) is 3.59. The molecule has 0 aliphatic heterocycles. The monoisotopic (exact) mass is 396 g/mol. The normalized spacial score (nSPS) is 11.9. The lowest BCUT2D eigenvalue weighted by Gasteiger charge is -2.17. The highest BCUT2D eigenvalue weighted by atomic mass is 19.1. The van der Waals surface area contributed by atoms with E-state index in [1.807, 2.05) is 36.4 Å². The highest BCUT2D eigenvalue weighted by Crippen LogP contribution is 2.38. The summed E-state index contributed by atoms with van der Waals surface area (Å²) in [6.45, 7) is 0.660. The third-order valence-electron chi connectivity index (χ3n) is 4.71. The minimum atomic E-state index is -0.368. The van der Waals surface area contributed by atoms with E-state index >= 15 is 0 Å². The van der Waals surface area contributed by atoms with Crippen molar-refractivity contribution in [2.24, 2.45) is 11.7 Å². The summed E-state index contributed by atoms with van der Waals surface area (Å²) in [5.74, 6) is 0.733. The fraction of sp³-hybridized carbons (Fsp3) is 0.261. The molecule has 1 unspecified atom stereocenters. The summed E-state index contributed by atoms with van der Waals surface area (Å²) < 4.78 is 25.5. The molecule has 1 heterocycles. The number of aliphatic hydroxyl groups excluding tert-OH is 1. The van der Waals surface area contributed by atoms with Crippen LogP contribution in [0, 0.1) is 11.7 Å². The Bertz CT molecular complexity index is 931. The number of ether oxygens (including phenoxy) is 2. The quantitative estimate of drug-likeness (QED) is 0.578. The molecule has 0 amide bonds. The summed E-state index contributed by atoms with van der Waals surface area (Å²) in [5, 5.41) is 9.45. The van der Waals surface area contributed by atoms with Crippen molar-refractivity contribution in [1.29, 1.82) is 0 Å². The van der Waals surface area contributed by atoms with Gasteiger partial charge in [-0.3, -0.25) is 4.98 Å². The second-order valence-electron chi connectivity index (χ2n) is 6.77. The van der Waals surface area contributed by atoms with Gasteiger partial charge in [0.05, 0.1) is 12.8 Å². The molecule has 1 atom stereocenters. The number of halogens is 1. The van der Waals surface area contributed by atoms with Crippen LogP contribution in [0.5, 0.6) is 11.5 Å². The molecule has 152 valence electrons. The summed E-state index contributed by atoms with van der Waals surface area (Å²) in [4.78, 5) is 4.25. The fourth-order valence-corrected chi connectivity index (χ4v) is 3.12. The largest absolute Gasteiger partial charge is 0.496 e. The molecule has 0 saturated heterocycles. The van der Waals surface area contributed by atoms with Gasteiger partial charge in [-0.2, -0.15) is 0 Å². The number of nitrogens with two attached hydrogens (primary N) is 1. The molecule has 2 aromatic carbocycles. The van der Waals surface area contributed by atoms with Crippen LogP contribution in [-0.2, 0) is 13.0 Å². The predicted molar refractivity (Wildman–Crippen MR) is 110 cm³/mol. The molecule has 0 fully saturated rings. The van der Waals surface area contributed by atoms with Crippen LogP contribution in [0.2, 0.25) is 0 Å². The van der Waals surface area contributed by atoms with Gasteiger partial charge >= 0.3 is 0 Å². The molecule has 0 radical (unpaired) electrons. The highest BCUT2D eigenvalue weighted by Gasteiger charge is 2.16. The Labute approximate surface area is 169 Å². The van der Waals surface area contributed by atoms with Gasteiger partial charge in [0.25, 0.3) is 0 Å². The minimum Gasteiger partial charge on any atom is -0.496 e. The number of methoxy groups -OCH3 is 1. The van der Waals surface area contributed by atoms with Gasteiger partial charge < -0.3 is 20.3 Å². The topological polar surface area (TPSA) is 77.6 Å². The van der Waals surface area contributed by atoms with Crippen molar-refractivity contribution in [3.8, 4) is 22.6 Å². The van der Waals surface area contributed by atoms with Crippen molar-refractivity contribution < 1.29 is 19.0 Å². The Morgan fingerprint density at radius 1 is 1.07 bits per heavy atom. The number of nitrogens with zero attached hydrogens (tertiary/aromatic N) is 1. The molecule has 3 rings (SSSR count). The van der Waals surface area contributed by atoms with Crippen molar-refractivity contribution in [1.82, 2.24) is 4.98 Å². The van der Waals surface area contributed by atoms with E-state index in [-0.39, 0.29) is 24.9 Å². The first-order chi connectivity index (χ1) is 14.1. The van der Waals surface area contributed by atoms with E-state index in [2.05, 4.69) is 4.98 Å². The van der Waals surface area contributed by atoms with E-state index in [9.17, 15) is 9.50 Å².